The molecule has 2 amide bonds. The number of rotatable bonds is 14. The molecule has 0 saturated heterocycles. The van der Waals surface area contributed by atoms with Crippen molar-refractivity contribution in [2.75, 3.05) is 61.5 Å². The zero-order chi connectivity index (χ0) is 22.5. The molecule has 1 aromatic carbocycles. The third kappa shape index (κ3) is 8.46. The molecular weight excluding hydrogens is 388 g/mol. The number of benzene rings is 1. The number of phenolic OH excluding ortho intramolecular Hbond substituents is 1. The summed E-state index contributed by atoms with van der Waals surface area (Å²) in [5, 5.41) is 18.8. The fraction of sp³-hybridized carbons (Fsp3) is 0.619. The van der Waals surface area contributed by atoms with Gasteiger partial charge in [-0.25, -0.2) is 0 Å². The van der Waals surface area contributed by atoms with Crippen LogP contribution in [-0.2, 0) is 16.0 Å². The Morgan fingerprint density at radius 2 is 1.53 bits per heavy atom. The predicted molar refractivity (Wildman–Crippen MR) is 116 cm³/mol. The van der Waals surface area contributed by atoms with Crippen LogP contribution in [0.5, 0.6) is 17.2 Å². The van der Waals surface area contributed by atoms with Gasteiger partial charge < -0.3 is 35.4 Å². The molecule has 0 fully saturated rings. The van der Waals surface area contributed by atoms with Gasteiger partial charge in [0.25, 0.3) is 0 Å². The summed E-state index contributed by atoms with van der Waals surface area (Å²) < 4.78 is 10.4. The van der Waals surface area contributed by atoms with Crippen molar-refractivity contribution >= 4 is 11.8 Å². The Bertz CT molecular complexity index is 656. The summed E-state index contributed by atoms with van der Waals surface area (Å²) in [6, 6.07) is 3.22. The van der Waals surface area contributed by atoms with E-state index < -0.39 is 5.92 Å². The largest absolute Gasteiger partial charge is 0.502 e. The topological polar surface area (TPSA) is 112 Å². The number of nitrogens with one attached hydrogen (secondary N) is 3. The Kier molecular flexibility index (Phi) is 11.6. The summed E-state index contributed by atoms with van der Waals surface area (Å²) in [5.74, 6) is -1.23. The molecule has 1 rings (SSSR count). The minimum Gasteiger partial charge on any atom is -0.502 e. The number of ether oxygens (including phenoxy) is 2. The zero-order valence-electron chi connectivity index (χ0n) is 18.7. The van der Waals surface area contributed by atoms with Gasteiger partial charge in [0, 0.05) is 13.1 Å². The maximum atomic E-state index is 12.8. The number of aromatic hydroxyl groups is 1. The first-order chi connectivity index (χ1) is 14.3. The summed E-state index contributed by atoms with van der Waals surface area (Å²) in [6.07, 6.45) is 1.71. The minimum atomic E-state index is -0.905. The highest BCUT2D eigenvalue weighted by molar-refractivity contribution is 6.00. The van der Waals surface area contributed by atoms with Gasteiger partial charge in [-0.3, -0.25) is 9.59 Å². The molecule has 1 aromatic rings. The van der Waals surface area contributed by atoms with Gasteiger partial charge in [0.1, 0.15) is 5.92 Å². The van der Waals surface area contributed by atoms with Crippen LogP contribution in [-0.4, -0.2) is 83.4 Å². The zero-order valence-corrected chi connectivity index (χ0v) is 18.7. The van der Waals surface area contributed by atoms with E-state index in [4.69, 9.17) is 9.47 Å². The summed E-state index contributed by atoms with van der Waals surface area (Å²) in [7, 11) is 8.64. The van der Waals surface area contributed by atoms with Crippen LogP contribution < -0.4 is 25.4 Å². The summed E-state index contributed by atoms with van der Waals surface area (Å²) >= 11 is 0. The Morgan fingerprint density at radius 3 is 2.00 bits per heavy atom. The van der Waals surface area contributed by atoms with Gasteiger partial charge in [-0.15, -0.1) is 0 Å². The van der Waals surface area contributed by atoms with Crippen LogP contribution in [0.2, 0.25) is 0 Å². The SMILES string of the molecule is CNCCCNC(=O)C(Cc1cc(OC)c(O)c(OC)c1)C(=O)NCCCN(C)C. The van der Waals surface area contributed by atoms with E-state index in [1.54, 1.807) is 12.1 Å². The molecule has 0 heterocycles. The van der Waals surface area contributed by atoms with E-state index in [1.807, 2.05) is 26.0 Å². The lowest BCUT2D eigenvalue weighted by molar-refractivity contribution is -0.135. The molecule has 0 radical (unpaired) electrons. The molecular formula is C21H36N4O5. The number of carbonyl (C=O) groups is 2. The van der Waals surface area contributed by atoms with Gasteiger partial charge in [-0.2, -0.15) is 0 Å². The highest BCUT2D eigenvalue weighted by Gasteiger charge is 2.27. The van der Waals surface area contributed by atoms with Gasteiger partial charge in [-0.1, -0.05) is 0 Å². The fourth-order valence-electron chi connectivity index (χ4n) is 2.94. The molecule has 0 aliphatic carbocycles. The number of phenols is 1. The monoisotopic (exact) mass is 424 g/mol. The molecule has 0 saturated carbocycles. The number of carbonyl (C=O) groups excluding carboxylic acids is 2. The van der Waals surface area contributed by atoms with Crippen molar-refractivity contribution in [2.24, 2.45) is 5.92 Å². The van der Waals surface area contributed by atoms with E-state index in [0.29, 0.717) is 18.7 Å². The molecule has 0 spiro atoms. The molecule has 1 atom stereocenters. The van der Waals surface area contributed by atoms with E-state index in [-0.39, 0.29) is 35.5 Å². The lowest BCUT2D eigenvalue weighted by Crippen LogP contribution is -2.43. The molecule has 0 aliphatic rings. The van der Waals surface area contributed by atoms with Crippen LogP contribution in [0.4, 0.5) is 0 Å². The highest BCUT2D eigenvalue weighted by atomic mass is 16.5. The van der Waals surface area contributed by atoms with E-state index >= 15 is 0 Å². The molecule has 0 aromatic heterocycles. The average molecular weight is 425 g/mol. The Morgan fingerprint density at radius 1 is 1.00 bits per heavy atom. The molecule has 0 aliphatic heterocycles. The van der Waals surface area contributed by atoms with Crippen molar-refractivity contribution in [3.63, 3.8) is 0 Å². The van der Waals surface area contributed by atoms with Crippen molar-refractivity contribution in [3.8, 4) is 17.2 Å². The van der Waals surface area contributed by atoms with Crippen molar-refractivity contribution in [1.82, 2.24) is 20.9 Å². The Hall–Kier alpha value is -2.52. The first-order valence-corrected chi connectivity index (χ1v) is 10.1. The standard InChI is InChI=1S/C21H36N4O5/c1-22-8-6-9-23-20(27)16(21(28)24-10-7-11-25(2)3)12-15-13-17(29-4)19(26)18(14-15)30-5/h13-14,16,22,26H,6-12H2,1-5H3,(H,23,27)(H,24,28). The van der Waals surface area contributed by atoms with Crippen molar-refractivity contribution in [2.45, 2.75) is 19.3 Å². The molecule has 9 heteroatoms. The molecule has 170 valence electrons. The van der Waals surface area contributed by atoms with Crippen molar-refractivity contribution in [3.05, 3.63) is 17.7 Å². The number of hydrogen-bond donors (Lipinski definition) is 4. The van der Waals surface area contributed by atoms with Crippen molar-refractivity contribution in [1.29, 1.82) is 0 Å². The van der Waals surface area contributed by atoms with E-state index in [2.05, 4.69) is 16.0 Å². The minimum absolute atomic E-state index is 0.120. The Labute approximate surface area is 179 Å². The van der Waals surface area contributed by atoms with Crippen LogP contribution >= 0.6 is 0 Å². The number of hydrogen-bond acceptors (Lipinski definition) is 7. The lowest BCUT2D eigenvalue weighted by atomic mass is 9.96. The van der Waals surface area contributed by atoms with Gasteiger partial charge in [0.05, 0.1) is 14.2 Å². The first kappa shape index (κ1) is 25.5. The van der Waals surface area contributed by atoms with Crippen LogP contribution in [0.15, 0.2) is 12.1 Å². The van der Waals surface area contributed by atoms with E-state index in [1.165, 1.54) is 14.2 Å². The summed E-state index contributed by atoms with van der Waals surface area (Å²) in [5.41, 5.74) is 0.653. The van der Waals surface area contributed by atoms with Gasteiger partial charge in [0.2, 0.25) is 17.6 Å². The second-order valence-corrected chi connectivity index (χ2v) is 7.30. The normalized spacial score (nSPS) is 11.8. The highest BCUT2D eigenvalue weighted by Crippen LogP contribution is 2.37. The fourth-order valence-corrected chi connectivity index (χ4v) is 2.94. The molecule has 30 heavy (non-hydrogen) atoms. The third-order valence-electron chi connectivity index (χ3n) is 4.60. The quantitative estimate of drug-likeness (QED) is 0.252. The average Bonchev–Trinajstić information content (AvgIpc) is 2.72. The molecule has 1 unspecified atom stereocenters. The third-order valence-corrected chi connectivity index (χ3v) is 4.60. The number of methoxy groups -OCH3 is 2. The van der Waals surface area contributed by atoms with Gasteiger partial charge in [-0.05, 0) is 71.2 Å². The van der Waals surface area contributed by atoms with Crippen LogP contribution in [0.1, 0.15) is 18.4 Å². The predicted octanol–water partition coefficient (Wildman–Crippen LogP) is 0.362. The molecule has 4 N–H and O–H groups in total. The van der Waals surface area contributed by atoms with Crippen molar-refractivity contribution < 1.29 is 24.2 Å². The molecule has 0 bridgehead atoms. The van der Waals surface area contributed by atoms with Gasteiger partial charge in [0.15, 0.2) is 11.5 Å². The number of amides is 2. The van der Waals surface area contributed by atoms with E-state index in [9.17, 15) is 14.7 Å². The first-order valence-electron chi connectivity index (χ1n) is 10.1. The molecule has 9 nitrogen and oxygen atoms in total. The van der Waals surface area contributed by atoms with Gasteiger partial charge >= 0.3 is 0 Å². The lowest BCUT2D eigenvalue weighted by Gasteiger charge is -2.19. The smallest absolute Gasteiger partial charge is 0.232 e. The maximum absolute atomic E-state index is 12.8. The van der Waals surface area contributed by atoms with Crippen LogP contribution in [0.25, 0.3) is 0 Å². The second kappa shape index (κ2) is 13.7. The van der Waals surface area contributed by atoms with Crippen LogP contribution in [0, 0.1) is 5.92 Å². The van der Waals surface area contributed by atoms with E-state index in [0.717, 1.165) is 25.9 Å². The Balaban J connectivity index is 2.93. The number of nitrogens with zero attached hydrogens (tertiary/aromatic N) is 1. The second-order valence-electron chi connectivity index (χ2n) is 7.30. The summed E-state index contributed by atoms with van der Waals surface area (Å²) in [4.78, 5) is 27.6. The summed E-state index contributed by atoms with van der Waals surface area (Å²) in [6.45, 7) is 2.58. The van der Waals surface area contributed by atoms with Crippen LogP contribution in [0.3, 0.4) is 0 Å². The maximum Gasteiger partial charge on any atom is 0.232 e.